The number of hydrogen-bond donors (Lipinski definition) is 2. The first-order valence-corrected chi connectivity index (χ1v) is 6.21. The average molecular weight is 256 g/mol. The van der Waals surface area contributed by atoms with Crippen molar-refractivity contribution in [1.82, 2.24) is 10.2 Å². The molecule has 2 aliphatic rings. The number of rotatable bonds is 1. The molecule has 2 fully saturated rings. The highest BCUT2D eigenvalue weighted by Crippen LogP contribution is 2.35. The molecule has 0 saturated carbocycles. The molecule has 102 valence electrons. The van der Waals surface area contributed by atoms with E-state index in [4.69, 9.17) is 4.74 Å². The molecule has 18 heavy (non-hydrogen) atoms. The van der Waals surface area contributed by atoms with Crippen LogP contribution < -0.4 is 5.32 Å². The molecule has 0 aromatic heterocycles. The van der Waals surface area contributed by atoms with Crippen LogP contribution in [0, 0.1) is 5.92 Å². The Kier molecular flexibility index (Phi) is 3.01. The molecule has 2 heterocycles. The Hall–Kier alpha value is -1.30. The van der Waals surface area contributed by atoms with Crippen LogP contribution in [-0.2, 0) is 9.53 Å². The monoisotopic (exact) mass is 256 g/mol. The van der Waals surface area contributed by atoms with Crippen LogP contribution in [-0.4, -0.2) is 52.8 Å². The molecular weight excluding hydrogens is 236 g/mol. The number of nitrogens with one attached hydrogen (secondary N) is 1. The van der Waals surface area contributed by atoms with Crippen LogP contribution in [0.1, 0.15) is 27.2 Å². The quantitative estimate of drug-likeness (QED) is 0.721. The van der Waals surface area contributed by atoms with Crippen molar-refractivity contribution in [1.29, 1.82) is 0 Å². The Bertz CT molecular complexity index is 377. The van der Waals surface area contributed by atoms with Crippen molar-refractivity contribution in [3.8, 4) is 0 Å². The first kappa shape index (κ1) is 13.1. The largest absolute Gasteiger partial charge is 0.480 e. The maximum atomic E-state index is 11.9. The number of fused-ring (bicyclic) bond motifs is 1. The third-order valence-corrected chi connectivity index (χ3v) is 3.54. The first-order valence-electron chi connectivity index (χ1n) is 6.21. The molecule has 2 atom stereocenters. The molecule has 2 unspecified atom stereocenters. The predicted molar refractivity (Wildman–Crippen MR) is 64.3 cm³/mol. The molecule has 6 heteroatoms. The van der Waals surface area contributed by atoms with Crippen molar-refractivity contribution >= 4 is 12.1 Å². The van der Waals surface area contributed by atoms with Gasteiger partial charge in [0.05, 0.1) is 6.54 Å². The van der Waals surface area contributed by atoms with Gasteiger partial charge in [-0.3, -0.25) is 4.79 Å². The first-order chi connectivity index (χ1) is 8.24. The number of carbonyl (C=O) groups excluding carboxylic acids is 1. The maximum absolute atomic E-state index is 11.9. The van der Waals surface area contributed by atoms with E-state index in [1.165, 1.54) is 4.90 Å². The molecule has 6 nitrogen and oxygen atoms in total. The number of amides is 1. The van der Waals surface area contributed by atoms with Crippen molar-refractivity contribution in [2.24, 2.45) is 5.92 Å². The molecule has 1 amide bonds. The zero-order valence-electron chi connectivity index (χ0n) is 11.0. The second-order valence-electron chi connectivity index (χ2n) is 6.05. The van der Waals surface area contributed by atoms with Gasteiger partial charge in [0.1, 0.15) is 11.1 Å². The van der Waals surface area contributed by atoms with Crippen molar-refractivity contribution in [2.45, 2.75) is 38.3 Å². The summed E-state index contributed by atoms with van der Waals surface area (Å²) in [7, 11) is 0. The Labute approximate surface area is 106 Å². The van der Waals surface area contributed by atoms with Gasteiger partial charge in [0.15, 0.2) is 0 Å². The summed E-state index contributed by atoms with van der Waals surface area (Å²) in [6, 6.07) is 0. The fourth-order valence-corrected chi connectivity index (χ4v) is 2.71. The number of carbonyl (C=O) groups is 2. The molecule has 0 radical (unpaired) electrons. The Morgan fingerprint density at radius 2 is 2.11 bits per heavy atom. The minimum atomic E-state index is -0.975. The van der Waals surface area contributed by atoms with Crippen LogP contribution in [0.5, 0.6) is 0 Å². The van der Waals surface area contributed by atoms with Gasteiger partial charge >= 0.3 is 12.1 Å². The van der Waals surface area contributed by atoms with Gasteiger partial charge in [-0.2, -0.15) is 0 Å². The van der Waals surface area contributed by atoms with Crippen LogP contribution >= 0.6 is 0 Å². The third kappa shape index (κ3) is 2.16. The van der Waals surface area contributed by atoms with E-state index in [1.54, 1.807) is 20.8 Å². The van der Waals surface area contributed by atoms with Crippen molar-refractivity contribution in [3.63, 3.8) is 0 Å². The number of hydrogen-bond acceptors (Lipinski definition) is 4. The molecule has 0 aromatic carbocycles. The van der Waals surface area contributed by atoms with Gasteiger partial charge in [-0.05, 0) is 33.7 Å². The molecule has 0 aliphatic carbocycles. The van der Waals surface area contributed by atoms with E-state index in [1.807, 2.05) is 0 Å². The molecular formula is C12H20N2O4. The number of carboxylic acid groups (broad SMARTS) is 1. The molecule has 0 aromatic rings. The van der Waals surface area contributed by atoms with Crippen LogP contribution in [0.2, 0.25) is 0 Å². The molecule has 2 N–H and O–H groups in total. The second kappa shape index (κ2) is 4.12. The Balaban J connectivity index is 2.08. The average Bonchev–Trinajstić information content (AvgIpc) is 2.69. The normalized spacial score (nSPS) is 31.3. The molecule has 0 spiro atoms. The highest BCUT2D eigenvalue weighted by molar-refractivity contribution is 5.82. The van der Waals surface area contributed by atoms with Gasteiger partial charge in [0, 0.05) is 12.5 Å². The van der Waals surface area contributed by atoms with Crippen molar-refractivity contribution < 1.29 is 19.4 Å². The summed E-state index contributed by atoms with van der Waals surface area (Å²) in [5, 5.41) is 12.4. The number of ether oxygens (including phenoxy) is 1. The minimum Gasteiger partial charge on any atom is -0.480 e. The summed E-state index contributed by atoms with van der Waals surface area (Å²) < 4.78 is 5.28. The van der Waals surface area contributed by atoms with Gasteiger partial charge in [-0.1, -0.05) is 0 Å². The zero-order chi connectivity index (χ0) is 13.6. The summed E-state index contributed by atoms with van der Waals surface area (Å²) in [5.41, 5.74) is -1.53. The highest BCUT2D eigenvalue weighted by Gasteiger charge is 2.56. The molecule has 2 saturated heterocycles. The van der Waals surface area contributed by atoms with Crippen LogP contribution in [0.15, 0.2) is 0 Å². The van der Waals surface area contributed by atoms with E-state index < -0.39 is 23.2 Å². The van der Waals surface area contributed by atoms with E-state index in [0.29, 0.717) is 13.1 Å². The second-order valence-corrected chi connectivity index (χ2v) is 6.05. The minimum absolute atomic E-state index is 0.0254. The fraction of sp³-hybridized carbons (Fsp3) is 0.833. The smallest absolute Gasteiger partial charge is 0.410 e. The van der Waals surface area contributed by atoms with Crippen molar-refractivity contribution in [2.75, 3.05) is 19.6 Å². The van der Waals surface area contributed by atoms with Gasteiger partial charge < -0.3 is 20.1 Å². The topological polar surface area (TPSA) is 78.9 Å². The summed E-state index contributed by atoms with van der Waals surface area (Å²) in [6.07, 6.45) is 0.352. The number of likely N-dealkylation sites (tertiary alicyclic amines) is 1. The summed E-state index contributed by atoms with van der Waals surface area (Å²) in [5.74, 6) is -0.904. The fourth-order valence-electron chi connectivity index (χ4n) is 2.71. The standard InChI is InChI=1S/C12H20N2O4/c1-11(2,3)18-10(17)14-6-8-4-5-13-12(8,7-14)9(15)16/h8,13H,4-7H2,1-3H3,(H,15,16). The molecule has 0 bridgehead atoms. The Morgan fingerprint density at radius 3 is 2.61 bits per heavy atom. The van der Waals surface area contributed by atoms with Crippen LogP contribution in [0.4, 0.5) is 4.79 Å². The number of carboxylic acids is 1. The molecule has 2 rings (SSSR count). The van der Waals surface area contributed by atoms with E-state index >= 15 is 0 Å². The van der Waals surface area contributed by atoms with Gasteiger partial charge in [-0.15, -0.1) is 0 Å². The summed E-state index contributed by atoms with van der Waals surface area (Å²) in [6.45, 7) is 6.72. The number of nitrogens with zero attached hydrogens (tertiary/aromatic N) is 1. The third-order valence-electron chi connectivity index (χ3n) is 3.54. The van der Waals surface area contributed by atoms with Gasteiger partial charge in [-0.25, -0.2) is 4.79 Å². The lowest BCUT2D eigenvalue weighted by molar-refractivity contribution is -0.144. The van der Waals surface area contributed by atoms with Gasteiger partial charge in [0.25, 0.3) is 0 Å². The lowest BCUT2D eigenvalue weighted by Gasteiger charge is -2.26. The lowest BCUT2D eigenvalue weighted by atomic mass is 9.89. The molecule has 2 aliphatic heterocycles. The maximum Gasteiger partial charge on any atom is 0.410 e. The van der Waals surface area contributed by atoms with E-state index in [9.17, 15) is 14.7 Å². The lowest BCUT2D eigenvalue weighted by Crippen LogP contribution is -2.54. The summed E-state index contributed by atoms with van der Waals surface area (Å²) in [4.78, 5) is 24.9. The predicted octanol–water partition coefficient (Wildman–Crippen LogP) is 0.670. The zero-order valence-corrected chi connectivity index (χ0v) is 11.0. The summed E-state index contributed by atoms with van der Waals surface area (Å²) >= 11 is 0. The van der Waals surface area contributed by atoms with Crippen molar-refractivity contribution in [3.05, 3.63) is 0 Å². The van der Waals surface area contributed by atoms with Crippen LogP contribution in [0.3, 0.4) is 0 Å². The van der Waals surface area contributed by atoms with E-state index in [0.717, 1.165) is 6.42 Å². The number of aliphatic carboxylic acids is 1. The van der Waals surface area contributed by atoms with E-state index in [-0.39, 0.29) is 12.5 Å². The van der Waals surface area contributed by atoms with Gasteiger partial charge in [0.2, 0.25) is 0 Å². The van der Waals surface area contributed by atoms with Crippen LogP contribution in [0.25, 0.3) is 0 Å². The van der Waals surface area contributed by atoms with E-state index in [2.05, 4.69) is 5.32 Å². The highest BCUT2D eigenvalue weighted by atomic mass is 16.6. The Morgan fingerprint density at radius 1 is 1.44 bits per heavy atom. The SMILES string of the molecule is CC(C)(C)OC(=O)N1CC2CCNC2(C(=O)O)C1.